The minimum absolute atomic E-state index is 0.0797. The van der Waals surface area contributed by atoms with Gasteiger partial charge in [-0.25, -0.2) is 10.8 Å². The first-order valence-corrected chi connectivity index (χ1v) is 4.32. The van der Waals surface area contributed by atoms with Gasteiger partial charge in [-0.2, -0.15) is 0 Å². The highest BCUT2D eigenvalue weighted by Crippen LogP contribution is 2.09. The number of hydrogen-bond donors (Lipinski definition) is 2. The molecule has 1 heterocycles. The molecule has 0 spiro atoms. The molecule has 5 heteroatoms. The van der Waals surface area contributed by atoms with Gasteiger partial charge in [0.2, 0.25) is 0 Å². The Bertz CT molecular complexity index is 337. The highest BCUT2D eigenvalue weighted by atomic mass is 16.2. The van der Waals surface area contributed by atoms with Crippen LogP contribution in [0.4, 0.5) is 5.69 Å². The molecular weight excluding hydrogens is 180 g/mol. The van der Waals surface area contributed by atoms with Crippen molar-refractivity contribution < 1.29 is 4.79 Å². The molecule has 1 aromatic rings. The first kappa shape index (κ1) is 10.5. The minimum Gasteiger partial charge on any atom is -0.397 e. The molecule has 14 heavy (non-hydrogen) atoms. The molecule has 0 bridgehead atoms. The lowest BCUT2D eigenvalue weighted by atomic mass is 10.2. The van der Waals surface area contributed by atoms with Crippen LogP contribution in [0, 0.1) is 0 Å². The molecule has 1 amide bonds. The first-order valence-electron chi connectivity index (χ1n) is 4.32. The molecule has 1 aromatic heterocycles. The van der Waals surface area contributed by atoms with Gasteiger partial charge in [-0.1, -0.05) is 0 Å². The number of nitrogens with zero attached hydrogens (tertiary/aromatic N) is 2. The molecule has 0 fully saturated rings. The van der Waals surface area contributed by atoms with Gasteiger partial charge in [0.05, 0.1) is 5.69 Å². The van der Waals surface area contributed by atoms with Crippen molar-refractivity contribution in [2.24, 2.45) is 5.84 Å². The van der Waals surface area contributed by atoms with Crippen molar-refractivity contribution in [1.29, 1.82) is 0 Å². The van der Waals surface area contributed by atoms with Crippen LogP contribution in [0.2, 0.25) is 0 Å². The summed E-state index contributed by atoms with van der Waals surface area (Å²) in [7, 11) is 0. The van der Waals surface area contributed by atoms with Crippen LogP contribution < -0.4 is 11.6 Å². The third-order valence-electron chi connectivity index (χ3n) is 1.83. The predicted molar refractivity (Wildman–Crippen MR) is 54.1 cm³/mol. The fraction of sp³-hybridized carbons (Fsp3) is 0.333. The van der Waals surface area contributed by atoms with Crippen molar-refractivity contribution >= 4 is 11.6 Å². The molecule has 76 valence electrons. The maximum absolute atomic E-state index is 11.7. The van der Waals surface area contributed by atoms with Crippen molar-refractivity contribution in [3.05, 3.63) is 24.0 Å². The van der Waals surface area contributed by atoms with E-state index in [-0.39, 0.29) is 17.6 Å². The molecular formula is C9H14N4O. The van der Waals surface area contributed by atoms with Crippen LogP contribution in [0.3, 0.4) is 0 Å². The molecule has 0 atom stereocenters. The van der Waals surface area contributed by atoms with Gasteiger partial charge in [-0.15, -0.1) is 0 Å². The van der Waals surface area contributed by atoms with E-state index in [1.165, 1.54) is 6.20 Å². The summed E-state index contributed by atoms with van der Waals surface area (Å²) in [6.07, 6.45) is 1.51. The Kier molecular flexibility index (Phi) is 3.03. The quantitative estimate of drug-likeness (QED) is 0.405. The second-order valence-corrected chi connectivity index (χ2v) is 3.25. The van der Waals surface area contributed by atoms with Crippen LogP contribution in [0.25, 0.3) is 0 Å². The SMILES string of the molecule is CC(C)N(N)C(=O)c1ncccc1N. The van der Waals surface area contributed by atoms with Crippen LogP contribution in [0.1, 0.15) is 24.3 Å². The summed E-state index contributed by atoms with van der Waals surface area (Å²) in [4.78, 5) is 15.6. The number of aromatic nitrogens is 1. The van der Waals surface area contributed by atoms with E-state index >= 15 is 0 Å². The van der Waals surface area contributed by atoms with Crippen molar-refractivity contribution in [3.63, 3.8) is 0 Å². The Balaban J connectivity index is 2.95. The fourth-order valence-electron chi connectivity index (χ4n) is 0.953. The van der Waals surface area contributed by atoms with Gasteiger partial charge in [-0.3, -0.25) is 9.80 Å². The maximum atomic E-state index is 11.7. The van der Waals surface area contributed by atoms with Crippen molar-refractivity contribution in [3.8, 4) is 0 Å². The average Bonchev–Trinajstić information content (AvgIpc) is 2.16. The summed E-state index contributed by atoms with van der Waals surface area (Å²) in [6, 6.07) is 3.21. The number of nitrogen functional groups attached to an aromatic ring is 1. The molecule has 0 aromatic carbocycles. The summed E-state index contributed by atoms with van der Waals surface area (Å²) in [5.74, 6) is 5.19. The van der Waals surface area contributed by atoms with Gasteiger partial charge in [-0.05, 0) is 26.0 Å². The van der Waals surface area contributed by atoms with E-state index in [2.05, 4.69) is 4.98 Å². The molecule has 0 aliphatic heterocycles. The first-order chi connectivity index (χ1) is 6.54. The average molecular weight is 194 g/mol. The lowest BCUT2D eigenvalue weighted by Crippen LogP contribution is -2.43. The number of amides is 1. The van der Waals surface area contributed by atoms with Gasteiger partial charge in [0.1, 0.15) is 0 Å². The molecule has 0 unspecified atom stereocenters. The van der Waals surface area contributed by atoms with Gasteiger partial charge >= 0.3 is 0 Å². The van der Waals surface area contributed by atoms with Crippen molar-refractivity contribution in [1.82, 2.24) is 9.99 Å². The summed E-state index contributed by atoms with van der Waals surface area (Å²) >= 11 is 0. The van der Waals surface area contributed by atoms with E-state index in [1.54, 1.807) is 12.1 Å². The van der Waals surface area contributed by atoms with Crippen LogP contribution in [0.5, 0.6) is 0 Å². The zero-order chi connectivity index (χ0) is 10.7. The Morgan fingerprint density at radius 3 is 2.71 bits per heavy atom. The van der Waals surface area contributed by atoms with Gasteiger partial charge in [0.25, 0.3) is 5.91 Å². The van der Waals surface area contributed by atoms with Crippen LogP contribution in [-0.2, 0) is 0 Å². The Hall–Kier alpha value is -1.62. The van der Waals surface area contributed by atoms with Gasteiger partial charge in [0, 0.05) is 12.2 Å². The van der Waals surface area contributed by atoms with Gasteiger partial charge < -0.3 is 5.73 Å². The summed E-state index contributed by atoms with van der Waals surface area (Å²) < 4.78 is 0. The Labute approximate surface area is 82.7 Å². The standard InChI is InChI=1S/C9H14N4O/c1-6(2)13(11)9(14)8-7(10)4-3-5-12-8/h3-6H,10-11H2,1-2H3. The van der Waals surface area contributed by atoms with E-state index in [9.17, 15) is 4.79 Å². The molecule has 5 nitrogen and oxygen atoms in total. The van der Waals surface area contributed by atoms with Crippen LogP contribution >= 0.6 is 0 Å². The maximum Gasteiger partial charge on any atom is 0.288 e. The molecule has 0 radical (unpaired) electrons. The topological polar surface area (TPSA) is 85.2 Å². The number of pyridine rings is 1. The number of rotatable bonds is 2. The highest BCUT2D eigenvalue weighted by molar-refractivity contribution is 5.96. The van der Waals surface area contributed by atoms with Gasteiger partial charge in [0.15, 0.2) is 5.69 Å². The second kappa shape index (κ2) is 4.06. The molecule has 0 saturated carbocycles. The van der Waals surface area contributed by atoms with Crippen molar-refractivity contribution in [2.75, 3.05) is 5.73 Å². The number of carbonyl (C=O) groups is 1. The summed E-state index contributed by atoms with van der Waals surface area (Å²) in [5, 5.41) is 1.11. The minimum atomic E-state index is -0.363. The molecule has 0 saturated heterocycles. The monoisotopic (exact) mass is 194 g/mol. The number of anilines is 1. The predicted octanol–water partition coefficient (Wildman–Crippen LogP) is 0.388. The van der Waals surface area contributed by atoms with E-state index in [1.807, 2.05) is 13.8 Å². The Morgan fingerprint density at radius 1 is 1.57 bits per heavy atom. The van der Waals surface area contributed by atoms with E-state index < -0.39 is 0 Å². The lowest BCUT2D eigenvalue weighted by Gasteiger charge is -2.20. The fourth-order valence-corrected chi connectivity index (χ4v) is 0.953. The molecule has 4 N–H and O–H groups in total. The lowest BCUT2D eigenvalue weighted by molar-refractivity contribution is 0.0701. The highest BCUT2D eigenvalue weighted by Gasteiger charge is 2.18. The largest absolute Gasteiger partial charge is 0.397 e. The number of carbonyl (C=O) groups excluding carboxylic acids is 1. The number of nitrogens with two attached hydrogens (primary N) is 2. The smallest absolute Gasteiger partial charge is 0.288 e. The summed E-state index contributed by atoms with van der Waals surface area (Å²) in [5.41, 5.74) is 6.13. The zero-order valence-electron chi connectivity index (χ0n) is 8.27. The van der Waals surface area contributed by atoms with Crippen LogP contribution in [0.15, 0.2) is 18.3 Å². The van der Waals surface area contributed by atoms with E-state index in [4.69, 9.17) is 11.6 Å². The van der Waals surface area contributed by atoms with Crippen molar-refractivity contribution in [2.45, 2.75) is 19.9 Å². The Morgan fingerprint density at radius 2 is 2.21 bits per heavy atom. The number of hydrogen-bond acceptors (Lipinski definition) is 4. The molecule has 0 aliphatic carbocycles. The van der Waals surface area contributed by atoms with E-state index in [0.29, 0.717) is 5.69 Å². The van der Waals surface area contributed by atoms with Crippen LogP contribution in [-0.4, -0.2) is 21.9 Å². The number of hydrazine groups is 1. The molecule has 0 aliphatic rings. The summed E-state index contributed by atoms with van der Waals surface area (Å²) in [6.45, 7) is 3.63. The third-order valence-corrected chi connectivity index (χ3v) is 1.83. The zero-order valence-corrected chi connectivity index (χ0v) is 8.27. The molecule has 1 rings (SSSR count). The second-order valence-electron chi connectivity index (χ2n) is 3.25. The third kappa shape index (κ3) is 2.00. The normalized spacial score (nSPS) is 10.3. The van der Waals surface area contributed by atoms with E-state index in [0.717, 1.165) is 5.01 Å².